The van der Waals surface area contributed by atoms with E-state index in [1.807, 2.05) is 0 Å². The number of aromatic nitrogens is 3. The fourth-order valence-corrected chi connectivity index (χ4v) is 3.47. The number of aromatic amines is 1. The Hall–Kier alpha value is -3.63. The summed E-state index contributed by atoms with van der Waals surface area (Å²) in [7, 11) is 1.40. The molecule has 7 nitrogen and oxygen atoms in total. The van der Waals surface area contributed by atoms with Crippen molar-refractivity contribution in [2.45, 2.75) is 6.18 Å². The molecule has 0 aliphatic rings. The molecule has 33 heavy (non-hydrogen) atoms. The van der Waals surface area contributed by atoms with E-state index in [2.05, 4.69) is 15.4 Å². The van der Waals surface area contributed by atoms with Crippen LogP contribution < -0.4 is 10.9 Å². The summed E-state index contributed by atoms with van der Waals surface area (Å²) in [5.41, 5.74) is -0.789. The summed E-state index contributed by atoms with van der Waals surface area (Å²) < 4.78 is 46.7. The fraction of sp³-hybridized carbons (Fsp3) is 0.136. The van der Waals surface area contributed by atoms with E-state index in [1.165, 1.54) is 31.4 Å². The number of halogens is 4. The van der Waals surface area contributed by atoms with Crippen molar-refractivity contribution in [1.82, 2.24) is 14.6 Å². The molecule has 2 aromatic heterocycles. The summed E-state index contributed by atoms with van der Waals surface area (Å²) in [5.74, 6) is -0.341. The summed E-state index contributed by atoms with van der Waals surface area (Å²) in [6.45, 7) is -0.109. The van der Waals surface area contributed by atoms with Crippen LogP contribution in [-0.2, 0) is 15.7 Å². The van der Waals surface area contributed by atoms with Gasteiger partial charge >= 0.3 is 6.18 Å². The van der Waals surface area contributed by atoms with E-state index < -0.39 is 17.4 Å². The number of carbonyl (C=O) groups is 1. The molecule has 170 valence electrons. The molecule has 0 unspecified atom stereocenters. The molecule has 0 aliphatic carbocycles. The summed E-state index contributed by atoms with van der Waals surface area (Å²) >= 11 is 5.88. The van der Waals surface area contributed by atoms with Crippen LogP contribution in [0.15, 0.2) is 59.4 Å². The molecule has 4 aromatic rings. The van der Waals surface area contributed by atoms with Gasteiger partial charge in [-0.25, -0.2) is 0 Å². The molecule has 1 amide bonds. The van der Waals surface area contributed by atoms with E-state index in [0.29, 0.717) is 20.8 Å². The molecule has 2 heterocycles. The number of anilines is 1. The molecular weight excluding hydrogens is 461 g/mol. The molecule has 0 bridgehead atoms. The monoisotopic (exact) mass is 476 g/mol. The highest BCUT2D eigenvalue weighted by molar-refractivity contribution is 6.30. The van der Waals surface area contributed by atoms with Crippen molar-refractivity contribution in [3.8, 4) is 22.4 Å². The lowest BCUT2D eigenvalue weighted by atomic mass is 10.1. The number of rotatable bonds is 5. The summed E-state index contributed by atoms with van der Waals surface area (Å²) in [4.78, 5) is 27.2. The number of methoxy groups -OCH3 is 1. The highest BCUT2D eigenvalue weighted by atomic mass is 35.5. The van der Waals surface area contributed by atoms with Crippen LogP contribution in [0, 0.1) is 0 Å². The summed E-state index contributed by atoms with van der Waals surface area (Å²) in [6, 6.07) is 13.4. The van der Waals surface area contributed by atoms with Crippen LogP contribution in [0.4, 0.5) is 18.9 Å². The highest BCUT2D eigenvalue weighted by Crippen LogP contribution is 2.38. The van der Waals surface area contributed by atoms with Crippen molar-refractivity contribution < 1.29 is 22.7 Å². The second-order valence-electron chi connectivity index (χ2n) is 7.07. The lowest BCUT2D eigenvalue weighted by Crippen LogP contribution is -2.17. The first-order valence-corrected chi connectivity index (χ1v) is 9.93. The van der Waals surface area contributed by atoms with Gasteiger partial charge in [0.25, 0.3) is 5.56 Å². The van der Waals surface area contributed by atoms with Gasteiger partial charge in [0.15, 0.2) is 5.69 Å². The van der Waals surface area contributed by atoms with E-state index >= 15 is 0 Å². The minimum absolute atomic E-state index is 0.107. The van der Waals surface area contributed by atoms with Gasteiger partial charge in [0, 0.05) is 23.9 Å². The molecule has 2 N–H and O–H groups in total. The number of nitrogens with zero attached hydrogens (tertiary/aromatic N) is 2. The minimum atomic E-state index is -4.79. The van der Waals surface area contributed by atoms with Gasteiger partial charge in [0.1, 0.15) is 12.3 Å². The quantitative estimate of drug-likeness (QED) is 0.440. The number of carbonyl (C=O) groups excluding carboxylic acids is 1. The number of benzene rings is 2. The molecule has 2 aromatic carbocycles. The van der Waals surface area contributed by atoms with Crippen LogP contribution in [0.25, 0.3) is 28.0 Å². The predicted octanol–water partition coefficient (Wildman–Crippen LogP) is 4.61. The van der Waals surface area contributed by atoms with Gasteiger partial charge in [-0.2, -0.15) is 22.8 Å². The number of alkyl halides is 3. The number of hydrogen-bond acceptors (Lipinski definition) is 4. The third-order valence-corrected chi connectivity index (χ3v) is 5.02. The Morgan fingerprint density at radius 3 is 2.36 bits per heavy atom. The molecule has 0 spiro atoms. The maximum absolute atomic E-state index is 13.7. The van der Waals surface area contributed by atoms with Crippen molar-refractivity contribution in [2.75, 3.05) is 19.0 Å². The minimum Gasteiger partial charge on any atom is -0.375 e. The fourth-order valence-electron chi connectivity index (χ4n) is 3.35. The van der Waals surface area contributed by atoms with Gasteiger partial charge in [0.05, 0.1) is 11.3 Å². The number of nitrogens with one attached hydrogen (secondary N) is 2. The standard InChI is InChI=1S/C22H16ClF3N4O3/c1-33-11-17(31)27-15-8-4-12(5-9-15)16-10-18(32)30-21(28-16)19(20(29-30)22(24,25)26)13-2-6-14(23)7-3-13/h2-10,28H,11H2,1H3,(H,27,31). The van der Waals surface area contributed by atoms with Gasteiger partial charge in [0.2, 0.25) is 5.91 Å². The van der Waals surface area contributed by atoms with Crippen molar-refractivity contribution >= 4 is 28.8 Å². The van der Waals surface area contributed by atoms with E-state index in [1.54, 1.807) is 24.3 Å². The first-order valence-electron chi connectivity index (χ1n) is 9.56. The Morgan fingerprint density at radius 2 is 1.76 bits per heavy atom. The number of H-pyrrole nitrogens is 1. The third-order valence-electron chi connectivity index (χ3n) is 4.77. The largest absolute Gasteiger partial charge is 0.435 e. The summed E-state index contributed by atoms with van der Waals surface area (Å²) in [5, 5.41) is 6.53. The van der Waals surface area contributed by atoms with Crippen LogP contribution in [0.2, 0.25) is 5.02 Å². The Balaban J connectivity index is 1.84. The first kappa shape index (κ1) is 22.6. The second-order valence-corrected chi connectivity index (χ2v) is 7.50. The van der Waals surface area contributed by atoms with Crippen molar-refractivity contribution in [3.63, 3.8) is 0 Å². The van der Waals surface area contributed by atoms with Gasteiger partial charge in [-0.15, -0.1) is 0 Å². The zero-order valence-electron chi connectivity index (χ0n) is 17.0. The molecule has 0 aliphatic heterocycles. The number of ether oxygens (including phenoxy) is 1. The molecule has 0 atom stereocenters. The SMILES string of the molecule is COCC(=O)Nc1ccc(-c2cc(=O)n3nc(C(F)(F)F)c(-c4ccc(Cl)cc4)c3[nH]2)cc1. The van der Waals surface area contributed by atoms with Crippen molar-refractivity contribution in [3.05, 3.63) is 75.7 Å². The Bertz CT molecular complexity index is 1380. The maximum Gasteiger partial charge on any atom is 0.435 e. The summed E-state index contributed by atoms with van der Waals surface area (Å²) in [6.07, 6.45) is -4.79. The normalized spacial score (nSPS) is 11.7. The molecule has 0 saturated heterocycles. The van der Waals surface area contributed by atoms with Crippen LogP contribution in [0.3, 0.4) is 0 Å². The molecule has 0 radical (unpaired) electrons. The maximum atomic E-state index is 13.7. The molecule has 11 heteroatoms. The molecular formula is C22H16ClF3N4O3. The Labute approximate surface area is 189 Å². The van der Waals surface area contributed by atoms with Crippen LogP contribution in [-0.4, -0.2) is 34.2 Å². The van der Waals surface area contributed by atoms with Crippen LogP contribution in [0.5, 0.6) is 0 Å². The van der Waals surface area contributed by atoms with E-state index in [4.69, 9.17) is 16.3 Å². The number of fused-ring (bicyclic) bond motifs is 1. The lowest BCUT2D eigenvalue weighted by Gasteiger charge is -2.08. The van der Waals surface area contributed by atoms with E-state index in [0.717, 1.165) is 6.07 Å². The molecule has 0 fully saturated rings. The third kappa shape index (κ3) is 4.62. The number of amides is 1. The lowest BCUT2D eigenvalue weighted by molar-refractivity contribution is -0.140. The van der Waals surface area contributed by atoms with Crippen molar-refractivity contribution in [2.24, 2.45) is 0 Å². The van der Waals surface area contributed by atoms with Crippen LogP contribution in [0.1, 0.15) is 5.69 Å². The molecule has 0 saturated carbocycles. The van der Waals surface area contributed by atoms with Gasteiger partial charge in [-0.3, -0.25) is 9.59 Å². The smallest absolute Gasteiger partial charge is 0.375 e. The average Bonchev–Trinajstić information content (AvgIpc) is 3.16. The van der Waals surface area contributed by atoms with E-state index in [9.17, 15) is 22.8 Å². The number of hydrogen-bond donors (Lipinski definition) is 2. The second kappa shape index (κ2) is 8.72. The van der Waals surface area contributed by atoms with E-state index in [-0.39, 0.29) is 35.0 Å². The zero-order valence-corrected chi connectivity index (χ0v) is 17.8. The predicted molar refractivity (Wildman–Crippen MR) is 117 cm³/mol. The van der Waals surface area contributed by atoms with Crippen molar-refractivity contribution in [1.29, 1.82) is 0 Å². The average molecular weight is 477 g/mol. The van der Waals surface area contributed by atoms with Gasteiger partial charge in [-0.05, 0) is 35.4 Å². The Morgan fingerprint density at radius 1 is 1.12 bits per heavy atom. The topological polar surface area (TPSA) is 88.5 Å². The van der Waals surface area contributed by atoms with Gasteiger partial charge in [-0.1, -0.05) is 35.9 Å². The van der Waals surface area contributed by atoms with Gasteiger partial charge < -0.3 is 15.0 Å². The van der Waals surface area contributed by atoms with Crippen LogP contribution >= 0.6 is 11.6 Å². The molecule has 4 rings (SSSR count). The Kier molecular flexibility index (Phi) is 5.96. The zero-order chi connectivity index (χ0) is 23.8. The highest BCUT2D eigenvalue weighted by Gasteiger charge is 2.39. The first-order chi connectivity index (χ1) is 15.7.